The maximum atomic E-state index is 3.00. The summed E-state index contributed by atoms with van der Waals surface area (Å²) in [6.07, 6.45) is 31.9. The third-order valence-electron chi connectivity index (χ3n) is 13.6. The maximum absolute atomic E-state index is 3.00. The van der Waals surface area contributed by atoms with Crippen molar-refractivity contribution in [1.82, 2.24) is 0 Å². The predicted octanol–water partition coefficient (Wildman–Crippen LogP) is 20.2. The number of hydrogen-bond acceptors (Lipinski definition) is 4. The zero-order valence-electron chi connectivity index (χ0n) is 44.2. The number of benzene rings is 8. The second-order valence-corrected chi connectivity index (χ2v) is 35.4. The van der Waals surface area contributed by atoms with Crippen molar-refractivity contribution in [2.24, 2.45) is 0 Å². The number of thioether (sulfide) groups is 1. The minimum absolute atomic E-state index is 0.375. The molecule has 0 spiro atoms. The molecule has 0 saturated heterocycles. The quantitative estimate of drug-likeness (QED) is 0.0645. The van der Waals surface area contributed by atoms with Crippen molar-refractivity contribution in [3.63, 3.8) is 0 Å². The molecule has 10 rings (SSSR count). The third kappa shape index (κ3) is 11.0. The molecule has 1 aromatic heterocycles. The van der Waals surface area contributed by atoms with Gasteiger partial charge in [-0.15, -0.1) is 24.5 Å². The molecule has 1 atom stereocenters. The Morgan fingerprint density at radius 2 is 0.849 bits per heavy atom. The normalized spacial score (nSPS) is 14.5. The molecule has 2 nitrogen and oxygen atoms in total. The summed E-state index contributed by atoms with van der Waals surface area (Å²) in [5.41, 5.74) is 11.9. The number of anilines is 5. The lowest BCUT2D eigenvalue weighted by Gasteiger charge is -2.35. The molecule has 0 fully saturated rings. The Balaban J connectivity index is 0.00000324. The lowest BCUT2D eigenvalue weighted by Crippen LogP contribution is -2.20. The van der Waals surface area contributed by atoms with E-state index >= 15 is 0 Å². The summed E-state index contributed by atoms with van der Waals surface area (Å²) >= 11 is 3.77. The smallest absolute Gasteiger partial charge is 0.0620 e. The van der Waals surface area contributed by atoms with Crippen LogP contribution in [0.1, 0.15) is 6.42 Å². The molecule has 1 aliphatic rings. The van der Waals surface area contributed by atoms with E-state index in [1.165, 1.54) is 85.3 Å². The lowest BCUT2D eigenvalue weighted by atomic mass is 9.92. The minimum Gasteiger partial charge on any atom is -0.310 e. The second kappa shape index (κ2) is 21.6. The van der Waals surface area contributed by atoms with E-state index in [-0.39, 0.29) is 0 Å². The van der Waals surface area contributed by atoms with Crippen LogP contribution in [0.3, 0.4) is 0 Å². The summed E-state index contributed by atoms with van der Waals surface area (Å²) in [5, 5.41) is 5.19. The van der Waals surface area contributed by atoms with E-state index in [2.05, 4.69) is 286 Å². The number of fused-ring (bicyclic) bond motifs is 2. The van der Waals surface area contributed by atoms with E-state index < -0.39 is 30.1 Å². The van der Waals surface area contributed by atoms with Gasteiger partial charge in [0.15, 0.2) is 0 Å². The molecule has 7 heteroatoms. The molecule has 374 valence electrons. The lowest BCUT2D eigenvalue weighted by molar-refractivity contribution is 1.02. The molecule has 0 N–H and O–H groups in total. The molecule has 9 aromatic rings. The average Bonchev–Trinajstić information content (AvgIpc) is 3.91. The van der Waals surface area contributed by atoms with Gasteiger partial charge in [-0.1, -0.05) is 97.1 Å². The molecule has 1 heterocycles. The van der Waals surface area contributed by atoms with Gasteiger partial charge in [0.05, 0.1) is 11.4 Å². The van der Waals surface area contributed by atoms with Gasteiger partial charge in [0.1, 0.15) is 0 Å². The van der Waals surface area contributed by atoms with E-state index in [0.29, 0.717) is 5.25 Å². The van der Waals surface area contributed by atoms with Gasteiger partial charge < -0.3 is 9.80 Å². The fraction of sp³-hybridized carbons (Fsp3) is 0.182. The highest BCUT2D eigenvalue weighted by Gasteiger charge is 2.28. The van der Waals surface area contributed by atoms with Crippen LogP contribution in [0.4, 0.5) is 28.4 Å². The monoisotopic (exact) mass is 1050 g/mol. The van der Waals surface area contributed by atoms with Crippen LogP contribution in [0, 0.1) is 0 Å². The third-order valence-corrected chi connectivity index (χ3v) is 20.7. The van der Waals surface area contributed by atoms with Crippen molar-refractivity contribution < 1.29 is 0 Å². The van der Waals surface area contributed by atoms with Crippen molar-refractivity contribution in [3.8, 4) is 32.0 Å². The van der Waals surface area contributed by atoms with Gasteiger partial charge in [-0.05, 0) is 209 Å². The van der Waals surface area contributed by atoms with Crippen LogP contribution in [0.5, 0.6) is 0 Å². The van der Waals surface area contributed by atoms with Gasteiger partial charge in [0.25, 0.3) is 0 Å². The van der Waals surface area contributed by atoms with Crippen LogP contribution in [0.25, 0.3) is 53.6 Å². The van der Waals surface area contributed by atoms with Crippen molar-refractivity contribution in [3.05, 3.63) is 219 Å². The topological polar surface area (TPSA) is 6.48 Å². The Hall–Kier alpha value is -5.80. The number of hydrogen-bond donors (Lipinski definition) is 0. The largest absolute Gasteiger partial charge is 0.310 e. The molecule has 1 aliphatic carbocycles. The molecule has 0 amide bonds. The van der Waals surface area contributed by atoms with Gasteiger partial charge in [0.2, 0.25) is 0 Å². The fourth-order valence-corrected chi connectivity index (χ4v) is 14.1. The first-order valence-electron chi connectivity index (χ1n) is 24.7. The van der Waals surface area contributed by atoms with Gasteiger partial charge >= 0.3 is 0 Å². The first kappa shape index (κ1) is 52.1. The predicted molar refractivity (Wildman–Crippen MR) is 340 cm³/mol. The Morgan fingerprint density at radius 1 is 0.438 bits per heavy atom. The second-order valence-electron chi connectivity index (χ2n) is 20.8. The fourth-order valence-electron chi connectivity index (χ4n) is 9.65. The van der Waals surface area contributed by atoms with Gasteiger partial charge in [-0.2, -0.15) is 11.8 Å². The zero-order chi connectivity index (χ0) is 51.7. The average molecular weight is 1050 g/mol. The number of allylic oxidation sites excluding steroid dienone is 2. The van der Waals surface area contributed by atoms with E-state index in [1.807, 2.05) is 23.1 Å². The first-order valence-corrected chi connectivity index (χ1v) is 35.3. The summed E-state index contributed by atoms with van der Waals surface area (Å²) in [6.45, 7) is 6.00. The molecular formula is C66H70N2S5. The van der Waals surface area contributed by atoms with Crippen LogP contribution >= 0.6 is 53.2 Å². The highest BCUT2D eigenvalue weighted by molar-refractivity contribution is 8.32. The maximum Gasteiger partial charge on any atom is 0.0620 e. The van der Waals surface area contributed by atoms with Crippen molar-refractivity contribution in [2.45, 2.75) is 26.4 Å². The summed E-state index contributed by atoms with van der Waals surface area (Å²) < 4.78 is 0. The van der Waals surface area contributed by atoms with Crippen LogP contribution < -0.4 is 9.80 Å². The summed E-state index contributed by atoms with van der Waals surface area (Å²) in [6, 6.07) is 69.1. The number of nitrogens with zero attached hydrogens (tertiary/aromatic N) is 2. The van der Waals surface area contributed by atoms with Crippen molar-refractivity contribution in [2.75, 3.05) is 72.4 Å². The van der Waals surface area contributed by atoms with Crippen molar-refractivity contribution >= 4 is 103 Å². The minimum atomic E-state index is -0.928. The van der Waals surface area contributed by atoms with Crippen molar-refractivity contribution in [1.29, 1.82) is 0 Å². The van der Waals surface area contributed by atoms with Crippen LogP contribution in [0.15, 0.2) is 234 Å². The highest BCUT2D eigenvalue weighted by Crippen LogP contribution is 2.54. The van der Waals surface area contributed by atoms with Crippen LogP contribution in [0.2, 0.25) is 0 Å². The van der Waals surface area contributed by atoms with E-state index in [0.717, 1.165) is 23.5 Å². The molecule has 0 bridgehead atoms. The molecular weight excluding hydrogens is 981 g/mol. The Labute approximate surface area is 449 Å². The van der Waals surface area contributed by atoms with E-state index in [1.54, 1.807) is 0 Å². The summed E-state index contributed by atoms with van der Waals surface area (Å²) in [7, 11) is -2.78. The molecule has 0 aliphatic heterocycles. The molecule has 0 radical (unpaired) electrons. The number of rotatable bonds is 13. The Kier molecular flexibility index (Phi) is 15.4. The van der Waals surface area contributed by atoms with Crippen LogP contribution in [-0.2, 0) is 0 Å². The molecule has 73 heavy (non-hydrogen) atoms. The van der Waals surface area contributed by atoms with Gasteiger partial charge in [-0.25, -0.2) is 30.1 Å². The van der Waals surface area contributed by atoms with E-state index in [4.69, 9.17) is 0 Å². The number of thiophene rings is 1. The molecule has 1 unspecified atom stereocenters. The SMILES string of the molecule is C=C.CSC1C=C(N(c2ccc(S(C)(C)C)cc2)c2c3ccccc3c(N(c3ccc(S(C)(C)C)cc3)c3ccc(S(C)(C)C)cc3)c3ccc(-c4ccc(-c5ccc(-c6ccccc6)s5)cc4)cc23)C=CC1. The van der Waals surface area contributed by atoms with E-state index in [9.17, 15) is 0 Å². The van der Waals surface area contributed by atoms with Gasteiger partial charge in [0, 0.05) is 59.3 Å². The Bertz CT molecular complexity index is 3370. The summed E-state index contributed by atoms with van der Waals surface area (Å²) in [4.78, 5) is 11.9. The van der Waals surface area contributed by atoms with Gasteiger partial charge in [-0.3, -0.25) is 0 Å². The molecule has 8 aromatic carbocycles. The first-order chi connectivity index (χ1) is 35.0. The highest BCUT2D eigenvalue weighted by atomic mass is 32.3. The standard InChI is InChI=1S/C64H66N2S5.C2H4/c1-67-53-20-16-19-52(44-53)66(51-32-38-56(39-33-51)71(8,9)10)64-58-22-15-14-21-57(58)63(65(49-28-34-54(35-29-49)69(2,3)4)50-30-36-55(37-31-50)70(5,6)7)59-40-27-48(43-60(59)64)45-23-25-47(26-24-45)62-42-41-61(68-62)46-17-12-11-13-18-46;1-2/h11-19,21-44,53H,20H2,1-10H3;1-2H2. The zero-order valence-corrected chi connectivity index (χ0v) is 48.3. The molecule has 0 saturated carbocycles. The Morgan fingerprint density at radius 3 is 1.33 bits per heavy atom. The van der Waals surface area contributed by atoms with Crippen LogP contribution in [-0.4, -0.2) is 67.8 Å². The summed E-state index contributed by atoms with van der Waals surface area (Å²) in [5.74, 6) is 0.